The Morgan fingerprint density at radius 1 is 1.20 bits per heavy atom. The highest BCUT2D eigenvalue weighted by molar-refractivity contribution is 7.99. The van der Waals surface area contributed by atoms with E-state index in [1.54, 1.807) is 0 Å². The van der Waals surface area contributed by atoms with Gasteiger partial charge in [-0.05, 0) is 29.2 Å². The fourth-order valence-electron chi connectivity index (χ4n) is 4.01. The minimum Gasteiger partial charge on any atom is -0.336 e. The van der Waals surface area contributed by atoms with Crippen molar-refractivity contribution in [2.45, 2.75) is 31.3 Å². The van der Waals surface area contributed by atoms with Gasteiger partial charge in [-0.25, -0.2) is 0 Å². The van der Waals surface area contributed by atoms with Gasteiger partial charge in [0.05, 0.1) is 6.04 Å². The number of carbonyl (C=O) groups is 1. The van der Waals surface area contributed by atoms with E-state index < -0.39 is 0 Å². The lowest BCUT2D eigenvalue weighted by molar-refractivity contribution is -0.132. The maximum absolute atomic E-state index is 12.9. The van der Waals surface area contributed by atoms with E-state index in [1.807, 2.05) is 11.8 Å². The van der Waals surface area contributed by atoms with Crippen molar-refractivity contribution >= 4 is 40.8 Å². The van der Waals surface area contributed by atoms with Gasteiger partial charge in [0.15, 0.2) is 0 Å². The molecule has 2 atom stereocenters. The molecule has 0 spiro atoms. The molecule has 1 amide bonds. The number of rotatable bonds is 3. The predicted molar refractivity (Wildman–Crippen MR) is 109 cm³/mol. The number of fused-ring (bicyclic) bond motifs is 1. The summed E-state index contributed by atoms with van der Waals surface area (Å²) in [6.45, 7) is 1.92. The molecule has 5 heteroatoms. The Labute approximate surface area is 159 Å². The standard InChI is InChI=1S/C20H24N2OS.ClH/c23-20(13-16-14-24-12-10-21-16)22-11-4-9-19(22)18-8-3-6-15-5-1-2-7-17(15)18;/h1-3,5-8,16,19,21H,4,9-14H2;1H. The number of carbonyl (C=O) groups excluding carboxylic acids is 1. The molecule has 134 valence electrons. The van der Waals surface area contributed by atoms with Gasteiger partial charge in [0.1, 0.15) is 0 Å². The Kier molecular flexibility index (Phi) is 6.26. The molecule has 0 bridgehead atoms. The summed E-state index contributed by atoms with van der Waals surface area (Å²) in [5.41, 5.74) is 1.31. The topological polar surface area (TPSA) is 32.3 Å². The number of hydrogen-bond donors (Lipinski definition) is 1. The van der Waals surface area contributed by atoms with Gasteiger partial charge in [-0.1, -0.05) is 42.5 Å². The van der Waals surface area contributed by atoms with Crippen LogP contribution in [-0.4, -0.2) is 41.4 Å². The average Bonchev–Trinajstić information content (AvgIpc) is 3.12. The molecule has 2 saturated heterocycles. The summed E-state index contributed by atoms with van der Waals surface area (Å²) in [4.78, 5) is 15.0. The summed E-state index contributed by atoms with van der Waals surface area (Å²) < 4.78 is 0. The number of benzene rings is 2. The molecule has 2 aliphatic heterocycles. The largest absolute Gasteiger partial charge is 0.336 e. The van der Waals surface area contributed by atoms with E-state index in [2.05, 4.69) is 52.7 Å². The minimum absolute atomic E-state index is 0. The molecule has 2 aromatic rings. The van der Waals surface area contributed by atoms with Gasteiger partial charge >= 0.3 is 0 Å². The Morgan fingerprint density at radius 3 is 2.88 bits per heavy atom. The van der Waals surface area contributed by atoms with Crippen molar-refractivity contribution in [2.24, 2.45) is 0 Å². The maximum Gasteiger partial charge on any atom is 0.224 e. The van der Waals surface area contributed by atoms with Crippen LogP contribution in [0.1, 0.15) is 30.9 Å². The molecule has 2 fully saturated rings. The van der Waals surface area contributed by atoms with Crippen LogP contribution < -0.4 is 5.32 Å². The SMILES string of the molecule is Cl.O=C(CC1CSCCN1)N1CCCC1c1cccc2ccccc12. The van der Waals surface area contributed by atoms with Crippen LogP contribution in [0.4, 0.5) is 0 Å². The number of thioether (sulfide) groups is 1. The van der Waals surface area contributed by atoms with Crippen LogP contribution in [-0.2, 0) is 4.79 Å². The molecule has 2 heterocycles. The zero-order chi connectivity index (χ0) is 16.4. The molecule has 1 N–H and O–H groups in total. The second-order valence-corrected chi connectivity index (χ2v) is 7.89. The van der Waals surface area contributed by atoms with Gasteiger partial charge in [0.25, 0.3) is 0 Å². The molecule has 4 rings (SSSR count). The quantitative estimate of drug-likeness (QED) is 0.878. The summed E-state index contributed by atoms with van der Waals surface area (Å²) in [7, 11) is 0. The Balaban J connectivity index is 0.00000182. The van der Waals surface area contributed by atoms with Crippen LogP contribution in [0.2, 0.25) is 0 Å². The zero-order valence-electron chi connectivity index (χ0n) is 14.3. The van der Waals surface area contributed by atoms with Gasteiger partial charge in [-0.3, -0.25) is 4.79 Å². The average molecular weight is 377 g/mol. The molecule has 2 aromatic carbocycles. The van der Waals surface area contributed by atoms with Crippen molar-refractivity contribution in [3.8, 4) is 0 Å². The van der Waals surface area contributed by atoms with Crippen molar-refractivity contribution in [1.82, 2.24) is 10.2 Å². The van der Waals surface area contributed by atoms with E-state index in [0.29, 0.717) is 18.4 Å². The highest BCUT2D eigenvalue weighted by Crippen LogP contribution is 2.36. The third kappa shape index (κ3) is 3.97. The van der Waals surface area contributed by atoms with E-state index in [9.17, 15) is 4.79 Å². The Bertz CT molecular complexity index is 727. The molecule has 3 nitrogen and oxygen atoms in total. The number of halogens is 1. The third-order valence-electron chi connectivity index (χ3n) is 5.17. The van der Waals surface area contributed by atoms with Crippen LogP contribution in [0.3, 0.4) is 0 Å². The second-order valence-electron chi connectivity index (χ2n) is 6.74. The fraction of sp³-hybridized carbons (Fsp3) is 0.450. The van der Waals surface area contributed by atoms with Crippen LogP contribution >= 0.6 is 24.2 Å². The van der Waals surface area contributed by atoms with Gasteiger partial charge in [0.2, 0.25) is 5.91 Å². The number of nitrogens with one attached hydrogen (secondary N) is 1. The summed E-state index contributed by atoms with van der Waals surface area (Å²) >= 11 is 1.95. The summed E-state index contributed by atoms with van der Waals surface area (Å²) in [6, 6.07) is 15.6. The van der Waals surface area contributed by atoms with E-state index in [0.717, 1.165) is 37.4 Å². The molecule has 0 aromatic heterocycles. The molecule has 2 unspecified atom stereocenters. The van der Waals surface area contributed by atoms with E-state index in [1.165, 1.54) is 16.3 Å². The first kappa shape index (κ1) is 18.6. The molecular weight excluding hydrogens is 352 g/mol. The van der Waals surface area contributed by atoms with Gasteiger partial charge < -0.3 is 10.2 Å². The van der Waals surface area contributed by atoms with Gasteiger partial charge in [-0.2, -0.15) is 11.8 Å². The molecule has 0 radical (unpaired) electrons. The summed E-state index contributed by atoms with van der Waals surface area (Å²) in [6.07, 6.45) is 2.81. The summed E-state index contributed by atoms with van der Waals surface area (Å²) in [5.74, 6) is 2.52. The van der Waals surface area contributed by atoms with Crippen molar-refractivity contribution < 1.29 is 4.79 Å². The first-order valence-electron chi connectivity index (χ1n) is 8.91. The normalized spacial score (nSPS) is 23.4. The lowest BCUT2D eigenvalue weighted by Crippen LogP contribution is -2.42. The zero-order valence-corrected chi connectivity index (χ0v) is 16.0. The third-order valence-corrected chi connectivity index (χ3v) is 6.31. The highest BCUT2D eigenvalue weighted by Gasteiger charge is 2.32. The molecule has 25 heavy (non-hydrogen) atoms. The molecule has 0 aliphatic carbocycles. The predicted octanol–water partition coefficient (Wildman–Crippen LogP) is 4.02. The smallest absolute Gasteiger partial charge is 0.224 e. The second kappa shape index (κ2) is 8.43. The van der Waals surface area contributed by atoms with E-state index >= 15 is 0 Å². The van der Waals surface area contributed by atoms with Crippen LogP contribution in [0, 0.1) is 0 Å². The first-order valence-corrected chi connectivity index (χ1v) is 10.1. The molecular formula is C20H25ClN2OS. The summed E-state index contributed by atoms with van der Waals surface area (Å²) in [5, 5.41) is 6.04. The maximum atomic E-state index is 12.9. The lowest BCUT2D eigenvalue weighted by Gasteiger charge is -2.29. The number of amides is 1. The van der Waals surface area contributed by atoms with Crippen LogP contribution in [0.25, 0.3) is 10.8 Å². The van der Waals surface area contributed by atoms with Crippen molar-refractivity contribution in [2.75, 3.05) is 24.6 Å². The highest BCUT2D eigenvalue weighted by atomic mass is 35.5. The number of hydrogen-bond acceptors (Lipinski definition) is 3. The van der Waals surface area contributed by atoms with Gasteiger partial charge in [0, 0.05) is 37.1 Å². The Hall–Kier alpha value is -1.23. The molecule has 0 saturated carbocycles. The minimum atomic E-state index is 0. The Morgan fingerprint density at radius 2 is 2.04 bits per heavy atom. The van der Waals surface area contributed by atoms with Crippen molar-refractivity contribution in [3.63, 3.8) is 0 Å². The van der Waals surface area contributed by atoms with Gasteiger partial charge in [-0.15, -0.1) is 12.4 Å². The van der Waals surface area contributed by atoms with Crippen LogP contribution in [0.5, 0.6) is 0 Å². The monoisotopic (exact) mass is 376 g/mol. The van der Waals surface area contributed by atoms with Crippen LogP contribution in [0.15, 0.2) is 42.5 Å². The fourth-order valence-corrected chi connectivity index (χ4v) is 4.96. The first-order chi connectivity index (χ1) is 11.8. The van der Waals surface area contributed by atoms with E-state index in [-0.39, 0.29) is 18.4 Å². The van der Waals surface area contributed by atoms with E-state index in [4.69, 9.17) is 0 Å². The lowest BCUT2D eigenvalue weighted by atomic mass is 9.97. The van der Waals surface area contributed by atoms with Crippen molar-refractivity contribution in [3.05, 3.63) is 48.0 Å². The number of likely N-dealkylation sites (tertiary alicyclic amines) is 1. The molecule has 2 aliphatic rings. The number of nitrogens with zero attached hydrogens (tertiary/aromatic N) is 1. The van der Waals surface area contributed by atoms with Crippen molar-refractivity contribution in [1.29, 1.82) is 0 Å².